The molecule has 3 heteroatoms. The number of likely N-dealkylation sites (tertiary alicyclic amines) is 1. The third kappa shape index (κ3) is 4.09. The van der Waals surface area contributed by atoms with Crippen LogP contribution < -0.4 is 5.73 Å². The minimum atomic E-state index is 0.435. The van der Waals surface area contributed by atoms with Gasteiger partial charge in [-0.2, -0.15) is 0 Å². The summed E-state index contributed by atoms with van der Waals surface area (Å²) in [6, 6.07) is 0.580. The van der Waals surface area contributed by atoms with Crippen molar-refractivity contribution in [2.24, 2.45) is 5.73 Å². The fourth-order valence-electron chi connectivity index (χ4n) is 2.36. The fourth-order valence-corrected chi connectivity index (χ4v) is 2.36. The molecule has 1 heterocycles. The van der Waals surface area contributed by atoms with Crippen molar-refractivity contribution in [1.29, 1.82) is 0 Å². The van der Waals surface area contributed by atoms with Gasteiger partial charge in [-0.3, -0.25) is 4.90 Å². The molecule has 2 N–H and O–H groups in total. The lowest BCUT2D eigenvalue weighted by molar-refractivity contribution is 0.100. The number of methoxy groups -OCH3 is 1. The van der Waals surface area contributed by atoms with Crippen LogP contribution in [0.1, 0.15) is 39.0 Å². The van der Waals surface area contributed by atoms with Crippen LogP contribution in [0.5, 0.6) is 0 Å². The molecule has 90 valence electrons. The predicted octanol–water partition coefficient (Wildman–Crippen LogP) is 1.61. The van der Waals surface area contributed by atoms with E-state index < -0.39 is 0 Å². The van der Waals surface area contributed by atoms with Crippen LogP contribution in [-0.2, 0) is 4.74 Å². The molecule has 0 bridgehead atoms. The summed E-state index contributed by atoms with van der Waals surface area (Å²) in [5.41, 5.74) is 5.84. The van der Waals surface area contributed by atoms with Crippen molar-refractivity contribution >= 4 is 0 Å². The zero-order chi connectivity index (χ0) is 11.1. The predicted molar refractivity (Wildman–Crippen MR) is 64.0 cm³/mol. The Kier molecular flexibility index (Phi) is 6.22. The Morgan fingerprint density at radius 3 is 2.80 bits per heavy atom. The number of nitrogens with two attached hydrogens (primary N) is 1. The van der Waals surface area contributed by atoms with Gasteiger partial charge in [-0.15, -0.1) is 0 Å². The number of nitrogens with zero attached hydrogens (tertiary/aromatic N) is 1. The lowest BCUT2D eigenvalue weighted by Gasteiger charge is -2.26. The molecule has 0 aliphatic carbocycles. The van der Waals surface area contributed by atoms with E-state index in [1.807, 2.05) is 7.11 Å². The van der Waals surface area contributed by atoms with Gasteiger partial charge < -0.3 is 10.5 Å². The van der Waals surface area contributed by atoms with E-state index in [4.69, 9.17) is 10.5 Å². The highest BCUT2D eigenvalue weighted by Gasteiger charge is 2.26. The molecule has 2 unspecified atom stereocenters. The highest BCUT2D eigenvalue weighted by Crippen LogP contribution is 2.18. The van der Waals surface area contributed by atoms with Crippen LogP contribution >= 0.6 is 0 Å². The summed E-state index contributed by atoms with van der Waals surface area (Å²) in [4.78, 5) is 2.50. The van der Waals surface area contributed by atoms with Crippen molar-refractivity contribution in [3.05, 3.63) is 0 Å². The number of hydrogen-bond acceptors (Lipinski definition) is 3. The molecule has 1 aliphatic heterocycles. The molecule has 1 rings (SSSR count). The van der Waals surface area contributed by atoms with Gasteiger partial charge in [0.05, 0.1) is 6.10 Å². The summed E-state index contributed by atoms with van der Waals surface area (Å²) in [5.74, 6) is 0. The molecule has 0 aromatic rings. The number of ether oxygens (including phenoxy) is 1. The first-order valence-electron chi connectivity index (χ1n) is 6.28. The zero-order valence-electron chi connectivity index (χ0n) is 10.2. The third-order valence-electron chi connectivity index (χ3n) is 3.44. The fraction of sp³-hybridized carbons (Fsp3) is 1.00. The molecular weight excluding hydrogens is 188 g/mol. The summed E-state index contributed by atoms with van der Waals surface area (Å²) in [5, 5.41) is 0. The topological polar surface area (TPSA) is 38.5 Å². The van der Waals surface area contributed by atoms with Gasteiger partial charge in [0.2, 0.25) is 0 Å². The first-order chi connectivity index (χ1) is 7.31. The van der Waals surface area contributed by atoms with E-state index in [1.54, 1.807) is 0 Å². The van der Waals surface area contributed by atoms with Crippen LogP contribution in [0.3, 0.4) is 0 Å². The molecule has 1 aliphatic rings. The lowest BCUT2D eigenvalue weighted by atomic mass is 10.1. The smallest absolute Gasteiger partial charge is 0.0710 e. The van der Waals surface area contributed by atoms with E-state index in [1.165, 1.54) is 32.1 Å². The van der Waals surface area contributed by atoms with Crippen molar-refractivity contribution < 1.29 is 4.74 Å². The molecule has 0 aromatic carbocycles. The van der Waals surface area contributed by atoms with Crippen molar-refractivity contribution in [3.8, 4) is 0 Å². The van der Waals surface area contributed by atoms with E-state index in [2.05, 4.69) is 11.8 Å². The molecule has 0 saturated carbocycles. The second-order valence-electron chi connectivity index (χ2n) is 4.53. The molecule has 1 fully saturated rings. The number of hydrogen-bond donors (Lipinski definition) is 1. The van der Waals surface area contributed by atoms with E-state index >= 15 is 0 Å². The maximum atomic E-state index is 5.84. The van der Waals surface area contributed by atoms with Crippen molar-refractivity contribution in [1.82, 2.24) is 4.90 Å². The van der Waals surface area contributed by atoms with Crippen LogP contribution in [0.4, 0.5) is 0 Å². The Balaban J connectivity index is 2.25. The lowest BCUT2D eigenvalue weighted by Crippen LogP contribution is -2.39. The zero-order valence-corrected chi connectivity index (χ0v) is 10.2. The van der Waals surface area contributed by atoms with Gasteiger partial charge >= 0.3 is 0 Å². The Labute approximate surface area is 94.0 Å². The molecule has 0 radical (unpaired) electrons. The highest BCUT2D eigenvalue weighted by atomic mass is 16.5. The number of rotatable bonds is 7. The maximum absolute atomic E-state index is 5.84. The SMILES string of the molecule is CCCCCC(CN)N1CCC(OC)C1. The average Bonchev–Trinajstić information content (AvgIpc) is 2.73. The van der Waals surface area contributed by atoms with Crippen molar-refractivity contribution in [2.75, 3.05) is 26.7 Å². The van der Waals surface area contributed by atoms with E-state index in [9.17, 15) is 0 Å². The minimum Gasteiger partial charge on any atom is -0.380 e. The Morgan fingerprint density at radius 2 is 2.27 bits per heavy atom. The molecule has 3 nitrogen and oxygen atoms in total. The molecular formula is C12H26N2O. The van der Waals surface area contributed by atoms with Gasteiger partial charge in [0.15, 0.2) is 0 Å². The summed E-state index contributed by atoms with van der Waals surface area (Å²) in [6.45, 7) is 5.27. The summed E-state index contributed by atoms with van der Waals surface area (Å²) in [7, 11) is 1.81. The molecule has 0 aromatic heterocycles. The molecule has 0 spiro atoms. The van der Waals surface area contributed by atoms with Gasteiger partial charge in [-0.25, -0.2) is 0 Å². The van der Waals surface area contributed by atoms with Crippen LogP contribution in [0.15, 0.2) is 0 Å². The summed E-state index contributed by atoms with van der Waals surface area (Å²) in [6.07, 6.45) is 6.79. The van der Waals surface area contributed by atoms with Crippen LogP contribution in [0.25, 0.3) is 0 Å². The Hall–Kier alpha value is -0.120. The third-order valence-corrected chi connectivity index (χ3v) is 3.44. The first-order valence-corrected chi connectivity index (χ1v) is 6.28. The van der Waals surface area contributed by atoms with Crippen LogP contribution in [-0.4, -0.2) is 43.8 Å². The summed E-state index contributed by atoms with van der Waals surface area (Å²) >= 11 is 0. The quantitative estimate of drug-likeness (QED) is 0.654. The Morgan fingerprint density at radius 1 is 1.47 bits per heavy atom. The van der Waals surface area contributed by atoms with Gasteiger partial charge in [-0.1, -0.05) is 26.2 Å². The van der Waals surface area contributed by atoms with Crippen LogP contribution in [0.2, 0.25) is 0 Å². The second-order valence-corrected chi connectivity index (χ2v) is 4.53. The highest BCUT2D eigenvalue weighted by molar-refractivity contribution is 4.82. The molecule has 2 atom stereocenters. The number of unbranched alkanes of at least 4 members (excludes halogenated alkanes) is 2. The second kappa shape index (κ2) is 7.20. The van der Waals surface area contributed by atoms with Crippen LogP contribution in [0, 0.1) is 0 Å². The first kappa shape index (κ1) is 12.9. The monoisotopic (exact) mass is 214 g/mol. The molecule has 1 saturated heterocycles. The Bertz CT molecular complexity index is 164. The maximum Gasteiger partial charge on any atom is 0.0710 e. The van der Waals surface area contributed by atoms with Gasteiger partial charge in [0.25, 0.3) is 0 Å². The standard InChI is InChI=1S/C12H26N2O/c1-3-4-5-6-11(9-13)14-8-7-12(10-14)15-2/h11-12H,3-10,13H2,1-2H3. The normalized spacial score (nSPS) is 24.6. The molecule has 15 heavy (non-hydrogen) atoms. The van der Waals surface area contributed by atoms with Crippen molar-refractivity contribution in [3.63, 3.8) is 0 Å². The van der Waals surface area contributed by atoms with Crippen molar-refractivity contribution in [2.45, 2.75) is 51.2 Å². The largest absolute Gasteiger partial charge is 0.380 e. The van der Waals surface area contributed by atoms with Gasteiger partial charge in [-0.05, 0) is 12.8 Å². The summed E-state index contributed by atoms with van der Waals surface area (Å²) < 4.78 is 5.38. The van der Waals surface area contributed by atoms with E-state index in [-0.39, 0.29) is 0 Å². The molecule has 0 amide bonds. The minimum absolute atomic E-state index is 0.435. The van der Waals surface area contributed by atoms with E-state index in [0.717, 1.165) is 19.6 Å². The van der Waals surface area contributed by atoms with Gasteiger partial charge in [0, 0.05) is 32.8 Å². The average molecular weight is 214 g/mol. The van der Waals surface area contributed by atoms with E-state index in [0.29, 0.717) is 12.1 Å². The van der Waals surface area contributed by atoms with Gasteiger partial charge in [0.1, 0.15) is 0 Å².